The largest absolute Gasteiger partial charge is 0.493 e. The molecule has 0 aromatic heterocycles. The maximum Gasteiger partial charge on any atom is 0.323 e. The van der Waals surface area contributed by atoms with E-state index in [1.165, 1.54) is 0 Å². The van der Waals surface area contributed by atoms with Gasteiger partial charge >= 0.3 is 6.03 Å². The smallest absolute Gasteiger partial charge is 0.323 e. The molecule has 3 amide bonds. The van der Waals surface area contributed by atoms with E-state index >= 15 is 0 Å². The molecule has 194 valence electrons. The summed E-state index contributed by atoms with van der Waals surface area (Å²) in [5, 5.41) is 6.13. The summed E-state index contributed by atoms with van der Waals surface area (Å²) < 4.78 is 16.8. The third-order valence-electron chi connectivity index (χ3n) is 6.11. The highest BCUT2D eigenvalue weighted by Gasteiger charge is 2.30. The van der Waals surface area contributed by atoms with Gasteiger partial charge in [-0.15, -0.1) is 0 Å². The fourth-order valence-corrected chi connectivity index (χ4v) is 4.38. The van der Waals surface area contributed by atoms with Gasteiger partial charge in [0.1, 0.15) is 5.75 Å². The second-order valence-corrected chi connectivity index (χ2v) is 9.06. The van der Waals surface area contributed by atoms with Crippen LogP contribution in [0.15, 0.2) is 60.7 Å². The van der Waals surface area contributed by atoms with Gasteiger partial charge in [-0.3, -0.25) is 4.79 Å². The molecule has 1 heterocycles. The van der Waals surface area contributed by atoms with Gasteiger partial charge in [0, 0.05) is 35.1 Å². The highest BCUT2D eigenvalue weighted by molar-refractivity contribution is 6.30. The molecule has 0 unspecified atom stereocenters. The van der Waals surface area contributed by atoms with Crippen LogP contribution in [0.25, 0.3) is 0 Å². The number of carbonyl (C=O) groups excluding carboxylic acids is 2. The maximum atomic E-state index is 13.2. The van der Waals surface area contributed by atoms with E-state index in [4.69, 9.17) is 25.8 Å². The Morgan fingerprint density at radius 2 is 1.78 bits per heavy atom. The van der Waals surface area contributed by atoms with Gasteiger partial charge in [-0.1, -0.05) is 30.7 Å². The fourth-order valence-electron chi connectivity index (χ4n) is 4.19. The lowest BCUT2D eigenvalue weighted by Gasteiger charge is -2.23. The van der Waals surface area contributed by atoms with Crippen molar-refractivity contribution in [3.8, 4) is 17.2 Å². The van der Waals surface area contributed by atoms with E-state index in [2.05, 4.69) is 10.6 Å². The maximum absolute atomic E-state index is 13.2. The van der Waals surface area contributed by atoms with Crippen LogP contribution in [0.4, 0.5) is 16.2 Å². The Balaban J connectivity index is 1.49. The van der Waals surface area contributed by atoms with Gasteiger partial charge in [0.15, 0.2) is 17.6 Å². The Hall–Kier alpha value is -3.91. The van der Waals surface area contributed by atoms with E-state index in [0.717, 1.165) is 11.1 Å². The Kier molecular flexibility index (Phi) is 8.40. The van der Waals surface area contributed by atoms with E-state index in [0.29, 0.717) is 59.6 Å². The van der Waals surface area contributed by atoms with Crippen molar-refractivity contribution in [1.29, 1.82) is 0 Å². The number of hydrogen-bond acceptors (Lipinski definition) is 5. The molecule has 0 radical (unpaired) electrons. The van der Waals surface area contributed by atoms with Gasteiger partial charge in [-0.2, -0.15) is 0 Å². The van der Waals surface area contributed by atoms with Crippen molar-refractivity contribution < 1.29 is 23.8 Å². The molecule has 0 spiro atoms. The number of nitrogens with one attached hydrogen (secondary N) is 2. The highest BCUT2D eigenvalue weighted by atomic mass is 35.5. The number of anilines is 2. The summed E-state index contributed by atoms with van der Waals surface area (Å²) in [6.07, 6.45) is 0.613. The van der Waals surface area contributed by atoms with Crippen LogP contribution in [0, 0.1) is 0 Å². The molecule has 0 bridgehead atoms. The van der Waals surface area contributed by atoms with E-state index in [-0.39, 0.29) is 5.91 Å². The Morgan fingerprint density at radius 1 is 1.03 bits per heavy atom. The average molecular weight is 524 g/mol. The zero-order valence-electron chi connectivity index (χ0n) is 21.0. The predicted octanol–water partition coefficient (Wildman–Crippen LogP) is 5.74. The van der Waals surface area contributed by atoms with E-state index in [1.54, 1.807) is 55.5 Å². The van der Waals surface area contributed by atoms with Crippen LogP contribution < -0.4 is 24.8 Å². The molecular formula is C28H30ClN3O5. The van der Waals surface area contributed by atoms with E-state index in [9.17, 15) is 9.59 Å². The molecule has 0 aliphatic carbocycles. The molecule has 37 heavy (non-hydrogen) atoms. The van der Waals surface area contributed by atoms with Crippen LogP contribution in [0.3, 0.4) is 0 Å². The van der Waals surface area contributed by atoms with Gasteiger partial charge in [0.25, 0.3) is 5.91 Å². The summed E-state index contributed by atoms with van der Waals surface area (Å²) in [5.41, 5.74) is 3.01. The van der Waals surface area contributed by atoms with Crippen molar-refractivity contribution >= 4 is 34.9 Å². The minimum absolute atomic E-state index is 0.0626. The summed E-state index contributed by atoms with van der Waals surface area (Å²) in [6.45, 7) is 2.79. The molecule has 3 aromatic rings. The summed E-state index contributed by atoms with van der Waals surface area (Å²) in [5.74, 6) is 1.88. The Bertz CT molecular complexity index is 1280. The minimum Gasteiger partial charge on any atom is -0.493 e. The molecule has 0 saturated heterocycles. The van der Waals surface area contributed by atoms with Crippen LogP contribution in [0.1, 0.15) is 24.5 Å². The first-order valence-corrected chi connectivity index (χ1v) is 12.4. The van der Waals surface area contributed by atoms with E-state index < -0.39 is 12.1 Å². The predicted molar refractivity (Wildman–Crippen MR) is 144 cm³/mol. The Labute approximate surface area is 221 Å². The topological polar surface area (TPSA) is 89.1 Å². The molecular weight excluding hydrogens is 494 g/mol. The molecule has 0 fully saturated rings. The van der Waals surface area contributed by atoms with Gasteiger partial charge in [0.05, 0.1) is 14.2 Å². The summed E-state index contributed by atoms with van der Waals surface area (Å²) in [4.78, 5) is 27.6. The number of nitrogens with zero attached hydrogens (tertiary/aromatic N) is 1. The number of rotatable bonds is 8. The number of ether oxygens (including phenoxy) is 3. The average Bonchev–Trinajstić information content (AvgIpc) is 3.02. The number of halogens is 1. The van der Waals surface area contributed by atoms with Gasteiger partial charge < -0.3 is 29.7 Å². The standard InChI is InChI=1S/C28H30ClN3O5/c1-4-23-27(33)32(13-12-18-8-10-25(35-2)26(14-18)36-3)17-19-15-22(9-11-24(19)37-23)31-28(34)30-21-7-5-6-20(29)16-21/h5-11,14-16,23H,4,12-13,17H2,1-3H3,(H2,30,31,34)/t23-/m1/s1. The summed E-state index contributed by atoms with van der Waals surface area (Å²) >= 11 is 6.00. The number of methoxy groups -OCH3 is 2. The van der Waals surface area contributed by atoms with Crippen molar-refractivity contribution in [2.24, 2.45) is 0 Å². The molecule has 9 heteroatoms. The third-order valence-corrected chi connectivity index (χ3v) is 6.34. The van der Waals surface area contributed by atoms with Crippen molar-refractivity contribution in [2.75, 3.05) is 31.4 Å². The number of benzene rings is 3. The number of fused-ring (bicyclic) bond motifs is 1. The number of amides is 3. The molecule has 1 atom stereocenters. The lowest BCUT2D eigenvalue weighted by molar-refractivity contribution is -0.138. The minimum atomic E-state index is -0.573. The second kappa shape index (κ2) is 11.9. The van der Waals surface area contributed by atoms with Crippen molar-refractivity contribution in [2.45, 2.75) is 32.4 Å². The van der Waals surface area contributed by atoms with Crippen molar-refractivity contribution in [1.82, 2.24) is 4.90 Å². The molecule has 2 N–H and O–H groups in total. The van der Waals surface area contributed by atoms with Crippen LogP contribution in [-0.2, 0) is 17.8 Å². The van der Waals surface area contributed by atoms with Gasteiger partial charge in [-0.25, -0.2) is 4.79 Å². The van der Waals surface area contributed by atoms with Crippen LogP contribution in [0.2, 0.25) is 5.02 Å². The number of urea groups is 1. The SMILES string of the molecule is CC[C@H]1Oc2ccc(NC(=O)Nc3cccc(Cl)c3)cc2CN(CCc2ccc(OC)c(OC)c2)C1=O. The van der Waals surface area contributed by atoms with Crippen LogP contribution in [-0.4, -0.2) is 43.7 Å². The van der Waals surface area contributed by atoms with Gasteiger partial charge in [-0.05, 0) is 66.9 Å². The fraction of sp³-hybridized carbons (Fsp3) is 0.286. The summed E-state index contributed by atoms with van der Waals surface area (Å²) in [6, 6.07) is 17.6. The monoisotopic (exact) mass is 523 g/mol. The zero-order valence-corrected chi connectivity index (χ0v) is 21.8. The zero-order chi connectivity index (χ0) is 26.4. The first kappa shape index (κ1) is 26.2. The third kappa shape index (κ3) is 6.46. The van der Waals surface area contributed by atoms with Crippen LogP contribution >= 0.6 is 11.6 Å². The normalized spacial score (nSPS) is 14.8. The van der Waals surface area contributed by atoms with Gasteiger partial charge in [0.2, 0.25) is 0 Å². The van der Waals surface area contributed by atoms with E-state index in [1.807, 2.05) is 31.2 Å². The molecule has 0 saturated carbocycles. The summed E-state index contributed by atoms with van der Waals surface area (Å²) in [7, 11) is 3.20. The molecule has 4 rings (SSSR count). The lowest BCUT2D eigenvalue weighted by Crippen LogP contribution is -2.40. The highest BCUT2D eigenvalue weighted by Crippen LogP contribution is 2.31. The molecule has 1 aliphatic rings. The first-order valence-electron chi connectivity index (χ1n) is 12.0. The first-order chi connectivity index (χ1) is 17.9. The quantitative estimate of drug-likeness (QED) is 0.393. The van der Waals surface area contributed by atoms with Crippen LogP contribution in [0.5, 0.6) is 17.2 Å². The lowest BCUT2D eigenvalue weighted by atomic mass is 10.1. The Morgan fingerprint density at radius 3 is 2.49 bits per heavy atom. The number of hydrogen-bond donors (Lipinski definition) is 2. The molecule has 1 aliphatic heterocycles. The molecule has 3 aromatic carbocycles. The van der Waals surface area contributed by atoms with Crippen molar-refractivity contribution in [3.63, 3.8) is 0 Å². The number of carbonyl (C=O) groups is 2. The second-order valence-electron chi connectivity index (χ2n) is 8.63. The molecule has 8 nitrogen and oxygen atoms in total. The van der Waals surface area contributed by atoms with Crippen molar-refractivity contribution in [3.05, 3.63) is 76.8 Å².